The Morgan fingerprint density at radius 2 is 2.26 bits per heavy atom. The zero-order valence-corrected chi connectivity index (χ0v) is 12.3. The highest BCUT2D eigenvalue weighted by Gasteiger charge is 2.23. The number of fused-ring (bicyclic) bond motifs is 1. The van der Waals surface area contributed by atoms with Crippen molar-refractivity contribution in [2.75, 3.05) is 18.5 Å². The van der Waals surface area contributed by atoms with Crippen LogP contribution in [0.15, 0.2) is 47.2 Å². The van der Waals surface area contributed by atoms with Crippen molar-refractivity contribution in [2.45, 2.75) is 6.42 Å². The van der Waals surface area contributed by atoms with E-state index in [0.717, 1.165) is 5.76 Å². The molecule has 3 aromatic heterocycles. The van der Waals surface area contributed by atoms with Gasteiger partial charge in [-0.05, 0) is 23.1 Å². The molecule has 3 aromatic rings. The highest BCUT2D eigenvalue weighted by Crippen LogP contribution is 2.25. The van der Waals surface area contributed by atoms with Crippen molar-refractivity contribution in [1.29, 1.82) is 0 Å². The highest BCUT2D eigenvalue weighted by atomic mass is 16.6. The molecular weight excluding hydrogens is 300 g/mol. The summed E-state index contributed by atoms with van der Waals surface area (Å²) in [6.07, 6.45) is 3.71. The first-order chi connectivity index (χ1) is 11.2. The SMILES string of the molecule is O=[N+]([O-])c1c(NC[C@H](CO)Cc2ccco2)nc2ccccn12. The number of rotatable bonds is 7. The number of aliphatic hydroxyl groups excluding tert-OH is 1. The van der Waals surface area contributed by atoms with Crippen molar-refractivity contribution in [3.8, 4) is 0 Å². The molecule has 120 valence electrons. The fourth-order valence-corrected chi connectivity index (χ4v) is 2.43. The molecule has 0 unspecified atom stereocenters. The van der Waals surface area contributed by atoms with Gasteiger partial charge in [-0.15, -0.1) is 0 Å². The van der Waals surface area contributed by atoms with E-state index in [1.54, 1.807) is 36.7 Å². The summed E-state index contributed by atoms with van der Waals surface area (Å²) in [7, 11) is 0. The van der Waals surface area contributed by atoms with Gasteiger partial charge in [0.2, 0.25) is 11.5 Å². The molecule has 8 heteroatoms. The maximum atomic E-state index is 11.3. The van der Waals surface area contributed by atoms with E-state index in [1.165, 1.54) is 4.40 Å². The third kappa shape index (κ3) is 3.16. The molecule has 2 N–H and O–H groups in total. The number of hydrogen-bond donors (Lipinski definition) is 2. The average molecular weight is 316 g/mol. The molecule has 8 nitrogen and oxygen atoms in total. The van der Waals surface area contributed by atoms with Gasteiger partial charge in [-0.2, -0.15) is 9.38 Å². The number of anilines is 1. The van der Waals surface area contributed by atoms with Gasteiger partial charge in [0.25, 0.3) is 0 Å². The molecular formula is C15H16N4O4. The summed E-state index contributed by atoms with van der Waals surface area (Å²) in [5.74, 6) is 0.704. The minimum Gasteiger partial charge on any atom is -0.469 e. The van der Waals surface area contributed by atoms with Crippen molar-refractivity contribution in [3.05, 3.63) is 58.7 Å². The van der Waals surface area contributed by atoms with Gasteiger partial charge >= 0.3 is 5.82 Å². The lowest BCUT2D eigenvalue weighted by atomic mass is 10.1. The predicted molar refractivity (Wildman–Crippen MR) is 83.3 cm³/mol. The Kier molecular flexibility index (Phi) is 4.24. The van der Waals surface area contributed by atoms with Crippen LogP contribution in [0.1, 0.15) is 5.76 Å². The summed E-state index contributed by atoms with van der Waals surface area (Å²) in [5.41, 5.74) is 0.494. The number of hydrogen-bond acceptors (Lipinski definition) is 6. The topological polar surface area (TPSA) is 106 Å². The summed E-state index contributed by atoms with van der Waals surface area (Å²) < 4.78 is 6.68. The molecule has 0 saturated carbocycles. The molecule has 0 fully saturated rings. The van der Waals surface area contributed by atoms with Gasteiger partial charge in [-0.25, -0.2) is 0 Å². The Hall–Kier alpha value is -2.87. The molecule has 0 saturated heterocycles. The van der Waals surface area contributed by atoms with E-state index < -0.39 is 4.92 Å². The molecule has 0 spiro atoms. The van der Waals surface area contributed by atoms with E-state index >= 15 is 0 Å². The van der Waals surface area contributed by atoms with Gasteiger partial charge in [0.05, 0.1) is 12.5 Å². The molecule has 0 radical (unpaired) electrons. The molecule has 0 amide bonds. The number of pyridine rings is 1. The van der Waals surface area contributed by atoms with E-state index in [-0.39, 0.29) is 24.2 Å². The van der Waals surface area contributed by atoms with Crippen LogP contribution >= 0.6 is 0 Å². The first-order valence-corrected chi connectivity index (χ1v) is 7.17. The van der Waals surface area contributed by atoms with Gasteiger partial charge in [-0.1, -0.05) is 6.07 Å². The second kappa shape index (κ2) is 6.49. The maximum absolute atomic E-state index is 11.3. The highest BCUT2D eigenvalue weighted by molar-refractivity contribution is 5.62. The van der Waals surface area contributed by atoms with Crippen molar-refractivity contribution in [2.24, 2.45) is 5.92 Å². The number of aliphatic hydroxyl groups is 1. The third-order valence-corrected chi connectivity index (χ3v) is 3.56. The Balaban J connectivity index is 1.78. The van der Waals surface area contributed by atoms with Crippen LogP contribution in [0.5, 0.6) is 0 Å². The molecule has 23 heavy (non-hydrogen) atoms. The number of nitrogens with zero attached hydrogens (tertiary/aromatic N) is 3. The first-order valence-electron chi connectivity index (χ1n) is 7.17. The van der Waals surface area contributed by atoms with Gasteiger partial charge in [-0.3, -0.25) is 0 Å². The van der Waals surface area contributed by atoms with E-state index in [4.69, 9.17) is 4.42 Å². The van der Waals surface area contributed by atoms with Crippen LogP contribution < -0.4 is 5.32 Å². The molecule has 3 heterocycles. The third-order valence-electron chi connectivity index (χ3n) is 3.56. The molecule has 0 bridgehead atoms. The smallest absolute Gasteiger partial charge is 0.372 e. The summed E-state index contributed by atoms with van der Waals surface area (Å²) in [6.45, 7) is 0.288. The molecule has 3 rings (SSSR count). The van der Waals surface area contributed by atoms with Crippen molar-refractivity contribution in [3.63, 3.8) is 0 Å². The average Bonchev–Trinajstić information content (AvgIpc) is 3.18. The predicted octanol–water partition coefficient (Wildman–Crippen LogP) is 2.10. The fourth-order valence-electron chi connectivity index (χ4n) is 2.43. The van der Waals surface area contributed by atoms with Gasteiger partial charge in [0, 0.05) is 31.6 Å². The van der Waals surface area contributed by atoms with Crippen molar-refractivity contribution in [1.82, 2.24) is 9.38 Å². The molecule has 1 atom stereocenters. The van der Waals surface area contributed by atoms with Crippen LogP contribution in [0, 0.1) is 16.0 Å². The zero-order chi connectivity index (χ0) is 16.2. The number of aromatic nitrogens is 2. The molecule has 0 aliphatic carbocycles. The van der Waals surface area contributed by atoms with Crippen LogP contribution in [0.4, 0.5) is 11.6 Å². The van der Waals surface area contributed by atoms with E-state index in [0.29, 0.717) is 18.6 Å². The summed E-state index contributed by atoms with van der Waals surface area (Å²) >= 11 is 0. The minimum atomic E-state index is -0.469. The second-order valence-corrected chi connectivity index (χ2v) is 5.18. The normalized spacial score (nSPS) is 12.4. The van der Waals surface area contributed by atoms with E-state index in [9.17, 15) is 15.2 Å². The lowest BCUT2D eigenvalue weighted by molar-refractivity contribution is -0.389. The van der Waals surface area contributed by atoms with Gasteiger partial charge < -0.3 is 25.0 Å². The lowest BCUT2D eigenvalue weighted by Gasteiger charge is -2.13. The van der Waals surface area contributed by atoms with Crippen LogP contribution in [-0.2, 0) is 6.42 Å². The Morgan fingerprint density at radius 1 is 1.39 bits per heavy atom. The Morgan fingerprint density at radius 3 is 2.96 bits per heavy atom. The summed E-state index contributed by atoms with van der Waals surface area (Å²) in [6, 6.07) is 8.78. The Bertz CT molecular complexity index is 797. The zero-order valence-electron chi connectivity index (χ0n) is 12.3. The standard InChI is InChI=1S/C15H16N4O4/c20-10-11(8-12-4-3-7-23-12)9-16-14-15(19(21)22)18-6-2-1-5-13(18)17-14/h1-7,11,16,20H,8-10H2/t11-/m1/s1. The number of imidazole rings is 1. The second-order valence-electron chi connectivity index (χ2n) is 5.18. The molecule has 0 aromatic carbocycles. The van der Waals surface area contributed by atoms with Crippen molar-refractivity contribution >= 4 is 17.3 Å². The fraction of sp³-hybridized carbons (Fsp3) is 0.267. The minimum absolute atomic E-state index is 0.0606. The van der Waals surface area contributed by atoms with Gasteiger partial charge in [0.1, 0.15) is 5.76 Å². The largest absolute Gasteiger partial charge is 0.469 e. The lowest BCUT2D eigenvalue weighted by Crippen LogP contribution is -2.20. The van der Waals surface area contributed by atoms with Gasteiger partial charge in [0.15, 0.2) is 0 Å². The van der Waals surface area contributed by atoms with Crippen molar-refractivity contribution < 1.29 is 14.4 Å². The van der Waals surface area contributed by atoms with Crippen LogP contribution in [0.25, 0.3) is 5.65 Å². The molecule has 0 aliphatic rings. The Labute approximate surface area is 131 Å². The van der Waals surface area contributed by atoms with E-state index in [1.807, 2.05) is 6.07 Å². The number of nitro groups is 1. The quantitative estimate of drug-likeness (QED) is 0.511. The van der Waals surface area contributed by atoms with Crippen LogP contribution in [0.2, 0.25) is 0 Å². The maximum Gasteiger partial charge on any atom is 0.372 e. The summed E-state index contributed by atoms with van der Waals surface area (Å²) in [5, 5.41) is 23.8. The number of nitrogens with one attached hydrogen (secondary N) is 1. The van der Waals surface area contributed by atoms with E-state index in [2.05, 4.69) is 10.3 Å². The number of furan rings is 1. The first kappa shape index (κ1) is 15.0. The molecule has 0 aliphatic heterocycles. The summed E-state index contributed by atoms with van der Waals surface area (Å²) in [4.78, 5) is 15.1. The van der Waals surface area contributed by atoms with Crippen LogP contribution in [-0.4, -0.2) is 32.6 Å². The van der Waals surface area contributed by atoms with Crippen LogP contribution in [0.3, 0.4) is 0 Å². The monoisotopic (exact) mass is 316 g/mol.